The summed E-state index contributed by atoms with van der Waals surface area (Å²) in [6.07, 6.45) is 0.359. The van der Waals surface area contributed by atoms with Crippen molar-refractivity contribution in [3.63, 3.8) is 0 Å². The molecular weight excluding hydrogens is 445 g/mol. The number of rotatable bonds is 6. The van der Waals surface area contributed by atoms with Crippen LogP contribution in [0.4, 0.5) is 13.2 Å². The van der Waals surface area contributed by atoms with E-state index in [-0.39, 0.29) is 12.1 Å². The number of alkyl halides is 3. The second-order valence-electron chi connectivity index (χ2n) is 7.68. The average Bonchev–Trinajstić information content (AvgIpc) is 3.48. The fourth-order valence-electron chi connectivity index (χ4n) is 3.88. The Morgan fingerprint density at radius 1 is 1.24 bits per heavy atom. The van der Waals surface area contributed by atoms with Gasteiger partial charge in [0.05, 0.1) is 20.8 Å². The Labute approximate surface area is 188 Å². The van der Waals surface area contributed by atoms with Crippen LogP contribution < -0.4 is 14.8 Å². The molecule has 2 heterocycles. The second-order valence-corrected chi connectivity index (χ2v) is 7.68. The number of hydrogen-bond acceptors (Lipinski definition) is 7. The van der Waals surface area contributed by atoms with Gasteiger partial charge in [-0.1, -0.05) is 0 Å². The summed E-state index contributed by atoms with van der Waals surface area (Å²) in [7, 11) is 3.36. The molecule has 1 aliphatic carbocycles. The van der Waals surface area contributed by atoms with Crippen molar-refractivity contribution in [2.24, 2.45) is 0 Å². The van der Waals surface area contributed by atoms with Gasteiger partial charge in [-0.05, 0) is 55.4 Å². The zero-order chi connectivity index (χ0) is 24.0. The van der Waals surface area contributed by atoms with Gasteiger partial charge in [-0.3, -0.25) is 5.10 Å². The fourth-order valence-corrected chi connectivity index (χ4v) is 3.88. The maximum atomic E-state index is 10.6. The van der Waals surface area contributed by atoms with Gasteiger partial charge < -0.3 is 24.6 Å². The minimum atomic E-state index is -5.08. The van der Waals surface area contributed by atoms with Crippen molar-refractivity contribution >= 4 is 5.97 Å². The molecule has 2 atom stereocenters. The lowest BCUT2D eigenvalue weighted by atomic mass is 9.87. The molecule has 0 spiro atoms. The number of aryl methyl sites for hydroxylation is 1. The molecule has 2 unspecified atom stereocenters. The molecule has 2 aliphatic rings. The summed E-state index contributed by atoms with van der Waals surface area (Å²) in [5, 5.41) is 18.1. The van der Waals surface area contributed by atoms with Crippen molar-refractivity contribution in [2.75, 3.05) is 20.8 Å². The molecule has 4 rings (SSSR count). The molecule has 0 amide bonds. The monoisotopic (exact) mass is 472 g/mol. The van der Waals surface area contributed by atoms with Gasteiger partial charge in [0.25, 0.3) is 0 Å². The molecule has 1 saturated heterocycles. The number of aromatic nitrogens is 3. The van der Waals surface area contributed by atoms with E-state index in [0.29, 0.717) is 6.54 Å². The number of hydrogen-bond donors (Lipinski definition) is 3. The average molecular weight is 472 g/mol. The van der Waals surface area contributed by atoms with Gasteiger partial charge in [-0.25, -0.2) is 9.78 Å². The first kappa shape index (κ1) is 24.8. The van der Waals surface area contributed by atoms with Crippen molar-refractivity contribution in [3.8, 4) is 11.5 Å². The summed E-state index contributed by atoms with van der Waals surface area (Å²) in [6.45, 7) is 1.45. The molecule has 3 N–H and O–H groups in total. The quantitative estimate of drug-likeness (QED) is 0.585. The van der Waals surface area contributed by atoms with Crippen molar-refractivity contribution in [2.45, 2.75) is 57.0 Å². The third-order valence-electron chi connectivity index (χ3n) is 5.48. The van der Waals surface area contributed by atoms with Gasteiger partial charge in [-0.15, -0.1) is 0 Å². The molecule has 0 bridgehead atoms. The Morgan fingerprint density at radius 2 is 1.94 bits per heavy atom. The summed E-state index contributed by atoms with van der Waals surface area (Å²) in [5.74, 6) is 0.439. The largest absolute Gasteiger partial charge is 0.493 e. The third-order valence-corrected chi connectivity index (χ3v) is 5.48. The summed E-state index contributed by atoms with van der Waals surface area (Å²) >= 11 is 0. The summed E-state index contributed by atoms with van der Waals surface area (Å²) in [6, 6.07) is 4.48. The van der Waals surface area contributed by atoms with E-state index < -0.39 is 12.1 Å². The number of fused-ring (bicyclic) bond motifs is 1. The van der Waals surface area contributed by atoms with Crippen LogP contribution in [0.15, 0.2) is 12.1 Å². The lowest BCUT2D eigenvalue weighted by Crippen LogP contribution is -2.25. The number of carboxylic acids is 1. The number of carbonyl (C=O) groups is 1. The SMILES string of the molecule is COc1cc2c(cc1OC)C(NCc1nc(C3CCCO3)n[nH]1)CCC2.O=C(O)C(F)(F)F. The van der Waals surface area contributed by atoms with E-state index >= 15 is 0 Å². The number of aromatic amines is 1. The van der Waals surface area contributed by atoms with Gasteiger partial charge >= 0.3 is 12.1 Å². The predicted molar refractivity (Wildman–Crippen MR) is 110 cm³/mol. The minimum Gasteiger partial charge on any atom is -0.493 e. The Bertz CT molecular complexity index is 944. The standard InChI is InChI=1S/C19H26N4O3.C2HF3O2/c1-24-16-9-12-5-3-6-14(13(12)10-17(16)25-2)20-11-18-21-19(23-22-18)15-7-4-8-26-15;3-2(4,5)1(6)7/h9-10,14-15,20H,3-8,11H2,1-2H3,(H,21,22,23);(H,6,7). The third kappa shape index (κ3) is 6.35. The first-order valence-corrected chi connectivity index (χ1v) is 10.5. The zero-order valence-corrected chi connectivity index (χ0v) is 18.4. The summed E-state index contributed by atoms with van der Waals surface area (Å²) < 4.78 is 48.3. The van der Waals surface area contributed by atoms with Crippen LogP contribution in [0.5, 0.6) is 11.5 Å². The number of methoxy groups -OCH3 is 2. The van der Waals surface area contributed by atoms with E-state index in [1.807, 2.05) is 0 Å². The van der Waals surface area contributed by atoms with Gasteiger partial charge in [0.1, 0.15) is 11.9 Å². The molecule has 1 aliphatic heterocycles. The van der Waals surface area contributed by atoms with Crippen LogP contribution >= 0.6 is 0 Å². The topological polar surface area (TPSA) is 119 Å². The van der Waals surface area contributed by atoms with Crippen LogP contribution in [-0.2, 0) is 22.5 Å². The fraction of sp³-hybridized carbons (Fsp3) is 0.571. The molecular formula is C21H27F3N4O5. The molecule has 182 valence electrons. The van der Waals surface area contributed by atoms with Crippen molar-refractivity contribution in [1.82, 2.24) is 20.5 Å². The van der Waals surface area contributed by atoms with Crippen LogP contribution in [0.1, 0.15) is 60.6 Å². The van der Waals surface area contributed by atoms with E-state index in [9.17, 15) is 13.2 Å². The summed E-state index contributed by atoms with van der Waals surface area (Å²) in [5.41, 5.74) is 2.61. The van der Waals surface area contributed by atoms with Gasteiger partial charge in [0.2, 0.25) is 0 Å². The number of halogens is 3. The van der Waals surface area contributed by atoms with E-state index in [1.165, 1.54) is 11.1 Å². The Kier molecular flexibility index (Phi) is 8.14. The van der Waals surface area contributed by atoms with Crippen LogP contribution in [0.25, 0.3) is 0 Å². The smallest absolute Gasteiger partial charge is 0.490 e. The van der Waals surface area contributed by atoms with Crippen molar-refractivity contribution in [3.05, 3.63) is 34.9 Å². The van der Waals surface area contributed by atoms with Crippen molar-refractivity contribution in [1.29, 1.82) is 0 Å². The molecule has 1 aromatic heterocycles. The summed E-state index contributed by atoms with van der Waals surface area (Å²) in [4.78, 5) is 13.5. The lowest BCUT2D eigenvalue weighted by Gasteiger charge is -2.27. The van der Waals surface area contributed by atoms with Gasteiger partial charge in [-0.2, -0.15) is 18.3 Å². The maximum Gasteiger partial charge on any atom is 0.490 e. The Morgan fingerprint density at radius 3 is 2.55 bits per heavy atom. The molecule has 33 heavy (non-hydrogen) atoms. The first-order chi connectivity index (χ1) is 15.7. The zero-order valence-electron chi connectivity index (χ0n) is 18.4. The van der Waals surface area contributed by atoms with Gasteiger partial charge in [0.15, 0.2) is 17.3 Å². The van der Waals surface area contributed by atoms with Crippen LogP contribution in [0.2, 0.25) is 0 Å². The maximum absolute atomic E-state index is 10.6. The molecule has 1 fully saturated rings. The molecule has 0 saturated carbocycles. The van der Waals surface area contributed by atoms with Crippen molar-refractivity contribution < 1.29 is 37.3 Å². The van der Waals surface area contributed by atoms with Crippen LogP contribution in [0, 0.1) is 0 Å². The van der Waals surface area contributed by atoms with Crippen LogP contribution in [0.3, 0.4) is 0 Å². The molecule has 12 heteroatoms. The number of benzene rings is 1. The second kappa shape index (κ2) is 10.8. The van der Waals surface area contributed by atoms with E-state index in [1.54, 1.807) is 14.2 Å². The predicted octanol–water partition coefficient (Wildman–Crippen LogP) is 3.47. The Hall–Kier alpha value is -2.86. The Balaban J connectivity index is 0.000000383. The molecule has 1 aromatic carbocycles. The van der Waals surface area contributed by atoms with Gasteiger partial charge in [0, 0.05) is 12.6 Å². The normalized spacial score (nSPS) is 19.9. The highest BCUT2D eigenvalue weighted by Crippen LogP contribution is 2.38. The minimum absolute atomic E-state index is 0.0483. The number of aliphatic carboxylic acids is 1. The lowest BCUT2D eigenvalue weighted by molar-refractivity contribution is -0.192. The van der Waals surface area contributed by atoms with E-state index in [0.717, 1.165) is 61.9 Å². The highest BCUT2D eigenvalue weighted by Gasteiger charge is 2.38. The number of ether oxygens (including phenoxy) is 3. The van der Waals surface area contributed by atoms with E-state index in [4.69, 9.17) is 24.1 Å². The number of nitrogens with zero attached hydrogens (tertiary/aromatic N) is 2. The number of nitrogens with one attached hydrogen (secondary N) is 2. The van der Waals surface area contributed by atoms with Crippen LogP contribution in [-0.4, -0.2) is 53.3 Å². The molecule has 9 nitrogen and oxygen atoms in total. The highest BCUT2D eigenvalue weighted by atomic mass is 19.4. The molecule has 2 aromatic rings. The number of H-pyrrole nitrogens is 1. The number of carboxylic acid groups (broad SMARTS) is 1. The highest BCUT2D eigenvalue weighted by molar-refractivity contribution is 5.73. The van der Waals surface area contributed by atoms with E-state index in [2.05, 4.69) is 32.6 Å². The first-order valence-electron chi connectivity index (χ1n) is 10.5. The molecule has 0 radical (unpaired) electrons.